The fraction of sp³-hybridized carbons (Fsp3) is 0. The van der Waals surface area contributed by atoms with E-state index in [9.17, 15) is 4.57 Å². The van der Waals surface area contributed by atoms with Crippen LogP contribution in [0, 0.1) is 0 Å². The van der Waals surface area contributed by atoms with Crippen LogP contribution in [0.1, 0.15) is 0 Å². The highest BCUT2D eigenvalue weighted by atomic mass is 35.5. The van der Waals surface area contributed by atoms with Crippen LogP contribution in [0.15, 0.2) is 5.16 Å². The summed E-state index contributed by atoms with van der Waals surface area (Å²) in [7, 11) is -4.57. The Balaban J connectivity index is 0. The molecule has 0 saturated heterocycles. The molecular formula is CH7ClN3O4P. The molecule has 0 radical (unpaired) electrons. The van der Waals surface area contributed by atoms with Crippen LogP contribution >= 0.6 is 20.2 Å². The minimum Gasteiger partial charge on any atom is -0.367 e. The Labute approximate surface area is 62.7 Å². The zero-order valence-electron chi connectivity index (χ0n) is 4.67. The lowest BCUT2D eigenvalue weighted by Gasteiger charge is -1.97. The van der Waals surface area contributed by atoms with Crippen molar-refractivity contribution < 1.29 is 19.0 Å². The lowest BCUT2D eigenvalue weighted by Crippen LogP contribution is -2.22. The third-order valence-corrected chi connectivity index (χ3v) is 0.547. The van der Waals surface area contributed by atoms with Crippen LogP contribution in [0.5, 0.6) is 0 Å². The van der Waals surface area contributed by atoms with Gasteiger partial charge in [0.25, 0.3) is 0 Å². The van der Waals surface area contributed by atoms with Gasteiger partial charge in [-0.1, -0.05) is 0 Å². The number of phosphoric acid groups is 1. The van der Waals surface area contributed by atoms with Crippen molar-refractivity contribution in [3.8, 4) is 0 Å². The van der Waals surface area contributed by atoms with Crippen molar-refractivity contribution in [3.63, 3.8) is 0 Å². The van der Waals surface area contributed by atoms with Crippen molar-refractivity contribution >= 4 is 26.2 Å². The maximum atomic E-state index is 9.79. The van der Waals surface area contributed by atoms with Crippen molar-refractivity contribution in [1.29, 1.82) is 0 Å². The third kappa shape index (κ3) is 10.5. The van der Waals surface area contributed by atoms with Gasteiger partial charge in [-0.25, -0.2) is 4.57 Å². The first kappa shape index (κ1) is 12.2. The quantitative estimate of drug-likeness (QED) is 0.186. The fourth-order valence-corrected chi connectivity index (χ4v) is 0.301. The molecule has 0 heterocycles. The van der Waals surface area contributed by atoms with Gasteiger partial charge in [0.1, 0.15) is 0 Å². The molecule has 0 aliphatic carbocycles. The van der Waals surface area contributed by atoms with Crippen molar-refractivity contribution in [2.45, 2.75) is 0 Å². The van der Waals surface area contributed by atoms with Crippen LogP contribution in [-0.4, -0.2) is 15.7 Å². The molecule has 0 amide bonds. The number of rotatable bonds is 2. The molecule has 0 bridgehead atoms. The van der Waals surface area contributed by atoms with Gasteiger partial charge in [0.15, 0.2) is 0 Å². The summed E-state index contributed by atoms with van der Waals surface area (Å²) in [6, 6.07) is 0. The van der Waals surface area contributed by atoms with Gasteiger partial charge in [-0.2, -0.15) is 0 Å². The number of guanidine groups is 1. The summed E-state index contributed by atoms with van der Waals surface area (Å²) in [5, 5.41) is 2.60. The Morgan fingerprint density at radius 2 is 1.90 bits per heavy atom. The number of hydrogen-bond donors (Lipinski definition) is 4. The molecule has 0 aliphatic heterocycles. The SMILES string of the molecule is Cl.NC(N)=NOP(=O)(O)O. The van der Waals surface area contributed by atoms with E-state index in [2.05, 4.69) is 21.2 Å². The molecule has 0 aromatic heterocycles. The van der Waals surface area contributed by atoms with E-state index in [1.54, 1.807) is 0 Å². The smallest absolute Gasteiger partial charge is 0.367 e. The van der Waals surface area contributed by atoms with E-state index in [0.717, 1.165) is 0 Å². The Kier molecular flexibility index (Phi) is 5.31. The van der Waals surface area contributed by atoms with Crippen LogP contribution in [0.2, 0.25) is 0 Å². The second kappa shape index (κ2) is 4.35. The van der Waals surface area contributed by atoms with E-state index in [0.29, 0.717) is 0 Å². The Hall–Kier alpha value is -0.490. The first-order chi connectivity index (χ1) is 3.92. The highest BCUT2D eigenvalue weighted by Crippen LogP contribution is 2.35. The summed E-state index contributed by atoms with van der Waals surface area (Å²) in [6.07, 6.45) is 0. The fourth-order valence-electron chi connectivity index (χ4n) is 0.100. The van der Waals surface area contributed by atoms with Crippen molar-refractivity contribution in [3.05, 3.63) is 0 Å². The van der Waals surface area contributed by atoms with Crippen LogP contribution in [0.4, 0.5) is 0 Å². The average molecular weight is 192 g/mol. The normalized spacial score (nSPS) is 9.40. The molecule has 10 heavy (non-hydrogen) atoms. The van der Waals surface area contributed by atoms with Gasteiger partial charge in [0, 0.05) is 0 Å². The molecule has 7 nitrogen and oxygen atoms in total. The number of hydrogen-bond acceptors (Lipinski definition) is 3. The van der Waals surface area contributed by atoms with E-state index >= 15 is 0 Å². The lowest BCUT2D eigenvalue weighted by molar-refractivity contribution is 0.204. The topological polar surface area (TPSA) is 131 Å². The maximum absolute atomic E-state index is 9.79. The van der Waals surface area contributed by atoms with E-state index < -0.39 is 13.8 Å². The molecular weight excluding hydrogens is 184 g/mol. The first-order valence-electron chi connectivity index (χ1n) is 1.75. The summed E-state index contributed by atoms with van der Waals surface area (Å²) in [6.45, 7) is 0. The minimum atomic E-state index is -4.57. The second-order valence-electron chi connectivity index (χ2n) is 1.09. The summed E-state index contributed by atoms with van der Waals surface area (Å²) < 4.78 is 13.3. The van der Waals surface area contributed by atoms with E-state index in [-0.39, 0.29) is 12.4 Å². The van der Waals surface area contributed by atoms with E-state index in [1.165, 1.54) is 0 Å². The summed E-state index contributed by atoms with van der Waals surface area (Å²) >= 11 is 0. The van der Waals surface area contributed by atoms with Crippen molar-refractivity contribution in [2.24, 2.45) is 16.6 Å². The van der Waals surface area contributed by atoms with Crippen molar-refractivity contribution in [1.82, 2.24) is 0 Å². The molecule has 0 aromatic carbocycles. The summed E-state index contributed by atoms with van der Waals surface area (Å²) in [5.74, 6) is -0.543. The molecule has 0 aliphatic rings. The number of halogens is 1. The molecule has 0 spiro atoms. The Morgan fingerprint density at radius 1 is 1.50 bits per heavy atom. The van der Waals surface area contributed by atoms with E-state index in [1.807, 2.05) is 0 Å². The first-order valence-corrected chi connectivity index (χ1v) is 3.28. The Bertz CT molecular complexity index is 160. The lowest BCUT2D eigenvalue weighted by atomic mass is 11.1. The minimum absolute atomic E-state index is 0. The summed E-state index contributed by atoms with van der Waals surface area (Å²) in [5.41, 5.74) is 9.32. The van der Waals surface area contributed by atoms with Crippen LogP contribution < -0.4 is 11.5 Å². The molecule has 0 unspecified atom stereocenters. The van der Waals surface area contributed by atoms with Crippen LogP contribution in [0.3, 0.4) is 0 Å². The molecule has 0 saturated carbocycles. The van der Waals surface area contributed by atoms with Crippen molar-refractivity contribution in [2.75, 3.05) is 0 Å². The molecule has 0 rings (SSSR count). The molecule has 62 valence electrons. The largest absolute Gasteiger partial charge is 0.545 e. The van der Waals surface area contributed by atoms with Crippen LogP contribution in [-0.2, 0) is 9.19 Å². The molecule has 0 fully saturated rings. The monoisotopic (exact) mass is 191 g/mol. The molecule has 0 atom stereocenters. The van der Waals surface area contributed by atoms with Crippen LogP contribution in [0.25, 0.3) is 0 Å². The Morgan fingerprint density at radius 3 is 2.00 bits per heavy atom. The number of oxime groups is 1. The van der Waals surface area contributed by atoms with Gasteiger partial charge >= 0.3 is 7.82 Å². The number of nitrogens with zero attached hydrogens (tertiary/aromatic N) is 1. The van der Waals surface area contributed by atoms with Gasteiger partial charge in [-0.05, 0) is 5.16 Å². The predicted octanol–water partition coefficient (Wildman–Crippen LogP) is -1.29. The third-order valence-electron chi connectivity index (χ3n) is 0.253. The average Bonchev–Trinajstić information content (AvgIpc) is 1.59. The van der Waals surface area contributed by atoms with Gasteiger partial charge in [0.2, 0.25) is 5.96 Å². The highest BCUT2D eigenvalue weighted by molar-refractivity contribution is 7.46. The maximum Gasteiger partial charge on any atom is 0.545 e. The van der Waals surface area contributed by atoms with Gasteiger partial charge < -0.3 is 11.5 Å². The predicted molar refractivity (Wildman–Crippen MR) is 36.2 cm³/mol. The second-order valence-corrected chi connectivity index (χ2v) is 2.23. The van der Waals surface area contributed by atoms with Gasteiger partial charge in [0.05, 0.1) is 0 Å². The van der Waals surface area contributed by atoms with E-state index in [4.69, 9.17) is 9.79 Å². The van der Waals surface area contributed by atoms with Gasteiger partial charge in [-0.3, -0.25) is 14.4 Å². The zero-order valence-corrected chi connectivity index (χ0v) is 6.38. The number of nitrogens with two attached hydrogens (primary N) is 2. The summed E-state index contributed by atoms with van der Waals surface area (Å²) in [4.78, 5) is 15.9. The highest BCUT2D eigenvalue weighted by Gasteiger charge is 2.13. The molecule has 0 aromatic rings. The molecule has 6 N–H and O–H groups in total. The standard InChI is InChI=1S/CH6N3O4P.ClH/c2-1(3)4-8-9(5,6)7;/h(H4,2,3,4)(H2,5,6,7);1H. The zero-order chi connectivity index (χ0) is 7.49. The van der Waals surface area contributed by atoms with Gasteiger partial charge in [-0.15, -0.1) is 12.4 Å². The molecule has 9 heteroatoms.